The van der Waals surface area contributed by atoms with Crippen LogP contribution in [0.2, 0.25) is 0 Å². The maximum Gasteiger partial charge on any atom is 0.305 e. The number of carboxylic acid groups (broad SMARTS) is 1. The van der Waals surface area contributed by atoms with Crippen molar-refractivity contribution in [3.05, 3.63) is 35.9 Å². The Balaban J connectivity index is 2.90. The molecule has 0 radical (unpaired) electrons. The molecule has 0 aliphatic rings. The summed E-state index contributed by atoms with van der Waals surface area (Å²) in [5.41, 5.74) is 18.3. The quantitative estimate of drug-likeness (QED) is 0.0247. The molecule has 18 nitrogen and oxygen atoms in total. The van der Waals surface area contributed by atoms with Crippen molar-refractivity contribution in [2.24, 2.45) is 22.3 Å². The van der Waals surface area contributed by atoms with E-state index in [-0.39, 0.29) is 36.7 Å². The van der Waals surface area contributed by atoms with E-state index in [1.165, 1.54) is 7.05 Å². The summed E-state index contributed by atoms with van der Waals surface area (Å²) < 4.78 is 5.85. The van der Waals surface area contributed by atoms with Crippen molar-refractivity contribution in [2.45, 2.75) is 102 Å². The zero-order chi connectivity index (χ0) is 38.6. The topological polar surface area (TPSA) is 294 Å². The van der Waals surface area contributed by atoms with Gasteiger partial charge >= 0.3 is 5.97 Å². The number of unbranched alkanes of at least 4 members (excludes halogenated alkanes) is 1. The highest BCUT2D eigenvalue weighted by Gasteiger charge is 2.31. The van der Waals surface area contributed by atoms with Crippen LogP contribution in [0.1, 0.15) is 71.8 Å². The van der Waals surface area contributed by atoms with Crippen LogP contribution < -0.4 is 49.2 Å². The minimum Gasteiger partial charge on any atom is -0.481 e. The van der Waals surface area contributed by atoms with E-state index in [0.717, 1.165) is 0 Å². The standard InChI is InChI=1S/C33H56N10O8/c1-32(2,36)14-16-51-33(3,4)19-25(44)38-15-10-9-13-22(28(48)37-5)41-29(49)23(17-21-11-7-6-8-12-21)42-30(50)24(18-27(46)47)40-26(45)20-39-43-31(34)35/h6-8,11-12,22-24,39H,9-10,13-20,36H2,1-5H3,(H,37,48)(H,38,44)(H,40,45)(H,41,49)(H,42,50)(H,46,47)(H4,34,35,43)/t22-,23+,24-/m1/s1. The number of likely N-dealkylation sites (N-methyl/N-ethyl adjacent to an activating group) is 1. The minimum atomic E-state index is -1.55. The first-order valence-electron chi connectivity index (χ1n) is 16.7. The van der Waals surface area contributed by atoms with Gasteiger partial charge in [-0.1, -0.05) is 30.3 Å². The predicted octanol–water partition coefficient (Wildman–Crippen LogP) is -1.72. The summed E-state index contributed by atoms with van der Waals surface area (Å²) in [7, 11) is 1.42. The van der Waals surface area contributed by atoms with Crippen LogP contribution in [0.3, 0.4) is 0 Å². The molecule has 18 heteroatoms. The third kappa shape index (κ3) is 20.3. The Hall–Kier alpha value is -4.97. The fraction of sp³-hybridized carbons (Fsp3) is 0.606. The number of benzene rings is 1. The molecule has 0 aliphatic carbocycles. The molecule has 0 aliphatic heterocycles. The van der Waals surface area contributed by atoms with Crippen molar-refractivity contribution >= 4 is 41.5 Å². The molecule has 1 rings (SSSR count). The summed E-state index contributed by atoms with van der Waals surface area (Å²) in [6, 6.07) is 4.94. The van der Waals surface area contributed by atoms with E-state index >= 15 is 0 Å². The van der Waals surface area contributed by atoms with Crippen molar-refractivity contribution in [1.29, 1.82) is 0 Å². The molecule has 0 unspecified atom stereocenters. The van der Waals surface area contributed by atoms with E-state index in [1.807, 2.05) is 27.7 Å². The van der Waals surface area contributed by atoms with Gasteiger partial charge in [0.25, 0.3) is 0 Å². The maximum atomic E-state index is 13.6. The maximum absolute atomic E-state index is 13.6. The van der Waals surface area contributed by atoms with Gasteiger partial charge in [-0.3, -0.25) is 34.2 Å². The van der Waals surface area contributed by atoms with Gasteiger partial charge in [0.05, 0.1) is 18.4 Å². The van der Waals surface area contributed by atoms with Gasteiger partial charge in [-0.2, -0.15) is 0 Å². The second-order valence-corrected chi connectivity index (χ2v) is 13.4. The number of nitrogens with zero attached hydrogens (tertiary/aromatic N) is 1. The van der Waals surface area contributed by atoms with Crippen LogP contribution in [-0.2, 0) is 39.9 Å². The van der Waals surface area contributed by atoms with Gasteiger partial charge in [0.15, 0.2) is 0 Å². The molecule has 0 saturated carbocycles. The van der Waals surface area contributed by atoms with Gasteiger partial charge in [-0.05, 0) is 58.9 Å². The molecule has 51 heavy (non-hydrogen) atoms. The zero-order valence-electron chi connectivity index (χ0n) is 30.2. The van der Waals surface area contributed by atoms with Gasteiger partial charge in [0.1, 0.15) is 24.7 Å². The Kier molecular flexibility index (Phi) is 19.0. The van der Waals surface area contributed by atoms with Crippen LogP contribution in [0.4, 0.5) is 0 Å². The molecule has 3 atom stereocenters. The van der Waals surface area contributed by atoms with Crippen LogP contribution in [0.5, 0.6) is 0 Å². The molecule has 0 fully saturated rings. The zero-order valence-corrected chi connectivity index (χ0v) is 30.2. The number of amides is 5. The lowest BCUT2D eigenvalue weighted by Crippen LogP contribution is -2.57. The van der Waals surface area contributed by atoms with Crippen LogP contribution >= 0.6 is 0 Å². The van der Waals surface area contributed by atoms with Crippen LogP contribution in [0, 0.1) is 0 Å². The fourth-order valence-electron chi connectivity index (χ4n) is 4.67. The summed E-state index contributed by atoms with van der Waals surface area (Å²) in [6.07, 6.45) is 1.19. The average molecular weight is 721 g/mol. The predicted molar refractivity (Wildman–Crippen MR) is 190 cm³/mol. The SMILES string of the molecule is CNC(=O)[C@@H](CCCCNC(=O)CC(C)(C)OCCC(C)(C)N)NC(=O)[C@H](Cc1ccccc1)NC(=O)[C@@H](CC(=O)O)NC(=O)CNN=C(N)N. The summed E-state index contributed by atoms with van der Waals surface area (Å²) >= 11 is 0. The molecule has 0 aromatic heterocycles. The van der Waals surface area contributed by atoms with Crippen molar-refractivity contribution in [3.63, 3.8) is 0 Å². The van der Waals surface area contributed by atoms with E-state index in [0.29, 0.717) is 38.0 Å². The molecule has 1 aromatic rings. The smallest absolute Gasteiger partial charge is 0.305 e. The number of aliphatic carboxylic acids is 1. The average Bonchev–Trinajstić information content (AvgIpc) is 3.02. The monoisotopic (exact) mass is 720 g/mol. The lowest BCUT2D eigenvalue weighted by atomic mass is 10.0. The lowest BCUT2D eigenvalue weighted by molar-refractivity contribution is -0.141. The number of nitrogens with two attached hydrogens (primary N) is 3. The Bertz CT molecular complexity index is 1330. The van der Waals surface area contributed by atoms with Gasteiger partial charge in [-0.15, -0.1) is 5.10 Å². The van der Waals surface area contributed by atoms with Gasteiger partial charge < -0.3 is 53.6 Å². The highest BCUT2D eigenvalue weighted by atomic mass is 16.5. The largest absolute Gasteiger partial charge is 0.481 e. The number of hydrazone groups is 1. The molecule has 0 bridgehead atoms. The van der Waals surface area contributed by atoms with Gasteiger partial charge in [0.2, 0.25) is 35.5 Å². The van der Waals surface area contributed by atoms with E-state index in [9.17, 15) is 33.9 Å². The Morgan fingerprint density at radius 1 is 0.863 bits per heavy atom. The summed E-state index contributed by atoms with van der Waals surface area (Å²) in [5, 5.41) is 25.7. The van der Waals surface area contributed by atoms with Crippen molar-refractivity contribution in [2.75, 3.05) is 26.7 Å². The highest BCUT2D eigenvalue weighted by Crippen LogP contribution is 2.16. The first-order valence-corrected chi connectivity index (χ1v) is 16.7. The van der Waals surface area contributed by atoms with Gasteiger partial charge in [0, 0.05) is 32.2 Å². The van der Waals surface area contributed by atoms with Crippen LogP contribution in [0.25, 0.3) is 0 Å². The second-order valence-electron chi connectivity index (χ2n) is 13.4. The molecule has 13 N–H and O–H groups in total. The molecule has 5 amide bonds. The summed E-state index contributed by atoms with van der Waals surface area (Å²) in [5.74, 6) is -4.81. The number of hydrogen-bond acceptors (Lipinski definition) is 10. The number of ether oxygens (including phenoxy) is 1. The third-order valence-electron chi connectivity index (χ3n) is 7.34. The first kappa shape index (κ1) is 44.1. The lowest BCUT2D eigenvalue weighted by Gasteiger charge is -2.27. The second kappa shape index (κ2) is 22.0. The first-order chi connectivity index (χ1) is 23.8. The van der Waals surface area contributed by atoms with E-state index in [2.05, 4.69) is 37.1 Å². The van der Waals surface area contributed by atoms with E-state index < -0.39 is 66.3 Å². The fourth-order valence-corrected chi connectivity index (χ4v) is 4.67. The van der Waals surface area contributed by atoms with Crippen LogP contribution in [0.15, 0.2) is 35.4 Å². The van der Waals surface area contributed by atoms with Crippen molar-refractivity contribution in [1.82, 2.24) is 32.0 Å². The Labute approximate surface area is 298 Å². The Morgan fingerprint density at radius 3 is 2.08 bits per heavy atom. The summed E-state index contributed by atoms with van der Waals surface area (Å²) in [4.78, 5) is 76.0. The number of nitrogens with one attached hydrogen (secondary N) is 6. The number of carbonyl (C=O) groups is 6. The Morgan fingerprint density at radius 2 is 1.49 bits per heavy atom. The summed E-state index contributed by atoms with van der Waals surface area (Å²) in [6.45, 7) is 7.76. The number of rotatable bonds is 24. The third-order valence-corrected chi connectivity index (χ3v) is 7.34. The minimum absolute atomic E-state index is 0.00522. The molecule has 0 spiro atoms. The van der Waals surface area contributed by atoms with Crippen LogP contribution in [-0.4, -0.2) is 103 Å². The molecule has 0 heterocycles. The molecular formula is C33H56N10O8. The molecule has 1 aromatic carbocycles. The highest BCUT2D eigenvalue weighted by molar-refractivity contribution is 5.95. The number of hydrogen-bond donors (Lipinski definition) is 10. The molecular weight excluding hydrogens is 664 g/mol. The number of guanidine groups is 1. The van der Waals surface area contributed by atoms with Gasteiger partial charge in [-0.25, -0.2) is 0 Å². The number of carbonyl (C=O) groups excluding carboxylic acids is 5. The molecule has 286 valence electrons. The normalized spacial score (nSPS) is 13.1. The van der Waals surface area contributed by atoms with Crippen molar-refractivity contribution in [3.8, 4) is 0 Å². The molecule has 0 saturated heterocycles. The van der Waals surface area contributed by atoms with E-state index in [1.54, 1.807) is 30.3 Å². The van der Waals surface area contributed by atoms with E-state index in [4.69, 9.17) is 21.9 Å². The van der Waals surface area contributed by atoms with Crippen molar-refractivity contribution < 1.29 is 38.6 Å². The number of carboxylic acids is 1.